The highest BCUT2D eigenvalue weighted by molar-refractivity contribution is 6.10. The summed E-state index contributed by atoms with van der Waals surface area (Å²) in [5, 5.41) is 2.99. The van der Waals surface area contributed by atoms with Gasteiger partial charge in [0.05, 0.1) is 29.2 Å². The third-order valence-electron chi connectivity index (χ3n) is 7.00. The van der Waals surface area contributed by atoms with Crippen LogP contribution < -0.4 is 10.2 Å². The number of amides is 3. The number of benzene rings is 2. The van der Waals surface area contributed by atoms with Gasteiger partial charge in [-0.2, -0.15) is 0 Å². The smallest absolute Gasteiger partial charge is 0.257 e. The third-order valence-corrected chi connectivity index (χ3v) is 7.00. The van der Waals surface area contributed by atoms with E-state index in [2.05, 4.69) is 15.3 Å². The van der Waals surface area contributed by atoms with Gasteiger partial charge in [-0.05, 0) is 44.4 Å². The summed E-state index contributed by atoms with van der Waals surface area (Å²) in [6, 6.07) is 16.9. The molecule has 0 spiro atoms. The molecule has 1 saturated heterocycles. The minimum absolute atomic E-state index is 0.0253. The first-order valence-electron chi connectivity index (χ1n) is 12.0. The molecule has 3 aromatic rings. The lowest BCUT2D eigenvalue weighted by atomic mass is 9.98. The second-order valence-corrected chi connectivity index (χ2v) is 9.36. The maximum absolute atomic E-state index is 13.3. The van der Waals surface area contributed by atoms with Crippen LogP contribution in [0.5, 0.6) is 0 Å². The van der Waals surface area contributed by atoms with E-state index in [0.717, 1.165) is 11.3 Å². The summed E-state index contributed by atoms with van der Waals surface area (Å²) in [5.41, 5.74) is 2.44. The summed E-state index contributed by atoms with van der Waals surface area (Å²) in [6.07, 6.45) is 3.52. The van der Waals surface area contributed by atoms with Gasteiger partial charge in [0, 0.05) is 19.4 Å². The van der Waals surface area contributed by atoms with Crippen LogP contribution in [0.1, 0.15) is 61.8 Å². The number of anilines is 1. The molecule has 2 unspecified atom stereocenters. The number of hydrogen-bond donors (Lipinski definition) is 2. The number of rotatable bonds is 7. The van der Waals surface area contributed by atoms with Gasteiger partial charge in [-0.3, -0.25) is 19.3 Å². The van der Waals surface area contributed by atoms with Crippen molar-refractivity contribution in [2.45, 2.75) is 51.2 Å². The summed E-state index contributed by atoms with van der Waals surface area (Å²) in [6.45, 7) is 4.23. The van der Waals surface area contributed by atoms with E-state index in [4.69, 9.17) is 0 Å². The third kappa shape index (κ3) is 4.09. The minimum atomic E-state index is -0.700. The Morgan fingerprint density at radius 3 is 2.69 bits per heavy atom. The predicted octanol–water partition coefficient (Wildman–Crippen LogP) is 4.03. The molecule has 2 aliphatic heterocycles. The summed E-state index contributed by atoms with van der Waals surface area (Å²) >= 11 is 0. The number of H-pyrrole nitrogens is 1. The summed E-state index contributed by atoms with van der Waals surface area (Å²) in [4.78, 5) is 49.9. The SMILES string of the molecule is CC(NC(=O)CCCN1C(=O)c2ccccc2N2C(=O)CCC12C)c1ncc(-c2ccccc2)[nH]1. The average Bonchev–Trinajstić information content (AvgIpc) is 3.47. The summed E-state index contributed by atoms with van der Waals surface area (Å²) < 4.78 is 0. The summed E-state index contributed by atoms with van der Waals surface area (Å²) in [7, 11) is 0. The molecule has 0 radical (unpaired) electrons. The standard InChI is InChI=1S/C27H29N5O3/c1-18(25-28-17-21(30-25)19-9-4-3-5-10-19)29-23(33)13-8-16-31-26(35)20-11-6-7-12-22(20)32-24(34)14-15-27(31,32)2/h3-7,9-12,17-18H,8,13-16H2,1-2H3,(H,28,30)(H,29,33). The van der Waals surface area contributed by atoms with Gasteiger partial charge in [-0.1, -0.05) is 42.5 Å². The molecule has 35 heavy (non-hydrogen) atoms. The Hall–Kier alpha value is -3.94. The van der Waals surface area contributed by atoms with E-state index in [1.807, 2.05) is 62.4 Å². The van der Waals surface area contributed by atoms with Gasteiger partial charge in [0.15, 0.2) is 0 Å². The Kier molecular flexibility index (Phi) is 5.88. The van der Waals surface area contributed by atoms with Gasteiger partial charge < -0.3 is 15.2 Å². The molecule has 2 atom stereocenters. The predicted molar refractivity (Wildman–Crippen MR) is 132 cm³/mol. The highest BCUT2D eigenvalue weighted by atomic mass is 16.2. The first kappa shape index (κ1) is 22.8. The first-order valence-corrected chi connectivity index (χ1v) is 12.0. The van der Waals surface area contributed by atoms with Gasteiger partial charge in [0.25, 0.3) is 5.91 Å². The number of nitrogens with zero attached hydrogens (tertiary/aromatic N) is 3. The zero-order valence-electron chi connectivity index (χ0n) is 20.0. The molecule has 1 fully saturated rings. The van der Waals surface area contributed by atoms with Gasteiger partial charge in [-0.15, -0.1) is 0 Å². The van der Waals surface area contributed by atoms with Crippen molar-refractivity contribution in [3.05, 3.63) is 72.2 Å². The van der Waals surface area contributed by atoms with Crippen LogP contribution in [-0.2, 0) is 9.59 Å². The fourth-order valence-corrected chi connectivity index (χ4v) is 5.14. The molecule has 180 valence electrons. The van der Waals surface area contributed by atoms with Crippen LogP contribution >= 0.6 is 0 Å². The molecule has 3 heterocycles. The first-order chi connectivity index (χ1) is 16.9. The second kappa shape index (κ2) is 9.02. The molecule has 0 bridgehead atoms. The van der Waals surface area contributed by atoms with Crippen LogP contribution in [0.3, 0.4) is 0 Å². The number of para-hydroxylation sites is 1. The summed E-state index contributed by atoms with van der Waals surface area (Å²) in [5.74, 6) is 0.515. The van der Waals surface area contributed by atoms with Crippen LogP contribution in [0.15, 0.2) is 60.8 Å². The Morgan fingerprint density at radius 1 is 1.14 bits per heavy atom. The fourth-order valence-electron chi connectivity index (χ4n) is 5.14. The number of fused-ring (bicyclic) bond motifs is 3. The molecular weight excluding hydrogens is 442 g/mol. The van der Waals surface area contributed by atoms with Gasteiger partial charge in [-0.25, -0.2) is 4.98 Å². The van der Waals surface area contributed by atoms with Crippen molar-refractivity contribution in [3.63, 3.8) is 0 Å². The van der Waals surface area contributed by atoms with E-state index in [1.54, 1.807) is 22.1 Å². The Morgan fingerprint density at radius 2 is 1.89 bits per heavy atom. The Balaban J connectivity index is 1.21. The zero-order chi connectivity index (χ0) is 24.6. The molecule has 5 rings (SSSR count). The lowest BCUT2D eigenvalue weighted by molar-refractivity contribution is -0.122. The highest BCUT2D eigenvalue weighted by Gasteiger charge is 2.52. The topological polar surface area (TPSA) is 98.4 Å². The van der Waals surface area contributed by atoms with Crippen LogP contribution in [-0.4, -0.2) is 44.8 Å². The van der Waals surface area contributed by atoms with Gasteiger partial charge in [0.1, 0.15) is 11.5 Å². The molecule has 1 aromatic heterocycles. The van der Waals surface area contributed by atoms with Crippen LogP contribution in [0.25, 0.3) is 11.3 Å². The zero-order valence-corrected chi connectivity index (χ0v) is 20.0. The number of hydrogen-bond acceptors (Lipinski definition) is 4. The monoisotopic (exact) mass is 471 g/mol. The largest absolute Gasteiger partial charge is 0.346 e. The highest BCUT2D eigenvalue weighted by Crippen LogP contribution is 2.44. The van der Waals surface area contributed by atoms with E-state index in [-0.39, 0.29) is 30.2 Å². The molecule has 0 saturated carbocycles. The maximum atomic E-state index is 13.3. The molecule has 2 aromatic carbocycles. The minimum Gasteiger partial charge on any atom is -0.346 e. The van der Waals surface area contributed by atoms with E-state index in [0.29, 0.717) is 42.9 Å². The van der Waals surface area contributed by atoms with Crippen molar-refractivity contribution in [1.82, 2.24) is 20.2 Å². The van der Waals surface area contributed by atoms with E-state index < -0.39 is 5.66 Å². The van der Waals surface area contributed by atoms with Crippen molar-refractivity contribution in [1.29, 1.82) is 0 Å². The molecule has 2 aliphatic rings. The fraction of sp³-hybridized carbons (Fsp3) is 0.333. The van der Waals surface area contributed by atoms with E-state index in [9.17, 15) is 14.4 Å². The van der Waals surface area contributed by atoms with Crippen molar-refractivity contribution in [2.75, 3.05) is 11.4 Å². The van der Waals surface area contributed by atoms with Crippen molar-refractivity contribution >= 4 is 23.4 Å². The van der Waals surface area contributed by atoms with E-state index >= 15 is 0 Å². The molecule has 8 heteroatoms. The quantitative estimate of drug-likeness (QED) is 0.543. The van der Waals surface area contributed by atoms with Crippen molar-refractivity contribution in [3.8, 4) is 11.3 Å². The van der Waals surface area contributed by atoms with Crippen molar-refractivity contribution < 1.29 is 14.4 Å². The maximum Gasteiger partial charge on any atom is 0.257 e. The second-order valence-electron chi connectivity index (χ2n) is 9.36. The van der Waals surface area contributed by atoms with E-state index in [1.165, 1.54) is 0 Å². The average molecular weight is 472 g/mol. The number of aromatic nitrogens is 2. The lowest BCUT2D eigenvalue weighted by Gasteiger charge is -2.48. The van der Waals surface area contributed by atoms with Crippen molar-refractivity contribution in [2.24, 2.45) is 0 Å². The number of nitrogens with one attached hydrogen (secondary N) is 2. The number of carbonyl (C=O) groups excluding carboxylic acids is 3. The lowest BCUT2D eigenvalue weighted by Crippen LogP contribution is -2.62. The normalized spacial score (nSPS) is 19.9. The van der Waals surface area contributed by atoms with Gasteiger partial charge in [0.2, 0.25) is 11.8 Å². The Bertz CT molecular complexity index is 1270. The molecule has 0 aliphatic carbocycles. The van der Waals surface area contributed by atoms with Gasteiger partial charge >= 0.3 is 0 Å². The molecule has 3 amide bonds. The number of imidazole rings is 1. The molecule has 2 N–H and O–H groups in total. The molecule has 8 nitrogen and oxygen atoms in total. The van der Waals surface area contributed by atoms with Crippen LogP contribution in [0.4, 0.5) is 5.69 Å². The number of aromatic amines is 1. The molecular formula is C27H29N5O3. The van der Waals surface area contributed by atoms with Crippen LogP contribution in [0.2, 0.25) is 0 Å². The number of carbonyl (C=O) groups is 3. The van der Waals surface area contributed by atoms with Crippen LogP contribution in [0, 0.1) is 0 Å². The Labute approximate surface area is 204 Å².